The molecule has 7 nitrogen and oxygen atoms in total. The number of benzene rings is 2. The minimum atomic E-state index is -3.57. The molecule has 0 saturated carbocycles. The van der Waals surface area contributed by atoms with Crippen LogP contribution in [0.5, 0.6) is 5.75 Å². The summed E-state index contributed by atoms with van der Waals surface area (Å²) in [7, 11) is -1.97. The van der Waals surface area contributed by atoms with Gasteiger partial charge in [-0.05, 0) is 43.2 Å². The number of aromatic nitrogens is 1. The first-order chi connectivity index (χ1) is 14.4. The van der Waals surface area contributed by atoms with Gasteiger partial charge in [-0.25, -0.2) is 13.4 Å². The van der Waals surface area contributed by atoms with E-state index in [9.17, 15) is 13.2 Å². The average Bonchev–Trinajstić information content (AvgIpc) is 3.39. The van der Waals surface area contributed by atoms with Gasteiger partial charge < -0.3 is 9.47 Å². The molecule has 1 atom stereocenters. The summed E-state index contributed by atoms with van der Waals surface area (Å²) in [5, 5.41) is 0.502. The van der Waals surface area contributed by atoms with Crippen LogP contribution in [0.3, 0.4) is 0 Å². The van der Waals surface area contributed by atoms with Crippen LogP contribution in [-0.4, -0.2) is 51.9 Å². The molecule has 1 aliphatic rings. The third-order valence-corrected chi connectivity index (χ3v) is 7.18. The van der Waals surface area contributed by atoms with Crippen molar-refractivity contribution in [3.05, 3.63) is 48.0 Å². The molecule has 4 rings (SSSR count). The fourth-order valence-electron chi connectivity index (χ4n) is 3.49. The Morgan fingerprint density at radius 2 is 2.10 bits per heavy atom. The summed E-state index contributed by atoms with van der Waals surface area (Å²) in [5.74, 6) is 0.301. The van der Waals surface area contributed by atoms with E-state index >= 15 is 0 Å². The molecule has 0 spiro atoms. The summed E-state index contributed by atoms with van der Waals surface area (Å²) >= 11 is 1.36. The lowest BCUT2D eigenvalue weighted by atomic mass is 10.1. The van der Waals surface area contributed by atoms with Gasteiger partial charge in [0.2, 0.25) is 0 Å². The van der Waals surface area contributed by atoms with Crippen LogP contribution in [0, 0.1) is 0 Å². The molecule has 1 amide bonds. The molecule has 3 aromatic rings. The highest BCUT2D eigenvalue weighted by atomic mass is 32.2. The maximum absolute atomic E-state index is 13.5. The van der Waals surface area contributed by atoms with Crippen molar-refractivity contribution in [2.45, 2.75) is 23.8 Å². The Morgan fingerprint density at radius 1 is 1.30 bits per heavy atom. The molecule has 9 heteroatoms. The summed E-state index contributed by atoms with van der Waals surface area (Å²) in [4.78, 5) is 19.7. The number of sulfone groups is 1. The topological polar surface area (TPSA) is 85.8 Å². The largest absolute Gasteiger partial charge is 0.497 e. The number of nitrogens with zero attached hydrogens (tertiary/aromatic N) is 2. The van der Waals surface area contributed by atoms with E-state index in [4.69, 9.17) is 9.47 Å². The van der Waals surface area contributed by atoms with Gasteiger partial charge in [0.1, 0.15) is 5.75 Å². The van der Waals surface area contributed by atoms with Gasteiger partial charge in [0, 0.05) is 12.9 Å². The lowest BCUT2D eigenvalue weighted by Crippen LogP contribution is -2.38. The second kappa shape index (κ2) is 8.33. The Labute approximate surface area is 179 Å². The summed E-state index contributed by atoms with van der Waals surface area (Å²) in [5.41, 5.74) is 0.882. The first kappa shape index (κ1) is 20.8. The van der Waals surface area contributed by atoms with Crippen LogP contribution < -0.4 is 9.64 Å². The molecule has 30 heavy (non-hydrogen) atoms. The van der Waals surface area contributed by atoms with Crippen LogP contribution in [0.4, 0.5) is 5.13 Å². The monoisotopic (exact) mass is 446 g/mol. The van der Waals surface area contributed by atoms with Crippen molar-refractivity contribution < 1.29 is 22.7 Å². The number of carbonyl (C=O) groups excluding carboxylic acids is 1. The summed E-state index contributed by atoms with van der Waals surface area (Å²) in [6.07, 6.45) is 2.77. The van der Waals surface area contributed by atoms with E-state index in [1.54, 1.807) is 19.2 Å². The molecule has 0 radical (unpaired) electrons. The summed E-state index contributed by atoms with van der Waals surface area (Å²) in [6, 6.07) is 11.8. The standard InChI is InChI=1S/C21H22N2O5S2/c1-27-14-9-10-17-18(12-14)29-21(22-17)23(13-15-6-5-11-28-15)20(24)16-7-3-4-8-19(16)30(2,25)26/h3-4,7-10,12,15H,5-6,11,13H2,1-2H3. The molecule has 158 valence electrons. The van der Waals surface area contributed by atoms with E-state index in [-0.39, 0.29) is 16.6 Å². The molecule has 1 fully saturated rings. The van der Waals surface area contributed by atoms with E-state index in [0.29, 0.717) is 24.0 Å². The van der Waals surface area contributed by atoms with Gasteiger partial charge in [-0.1, -0.05) is 23.5 Å². The number of carbonyl (C=O) groups is 1. The van der Waals surface area contributed by atoms with E-state index in [0.717, 1.165) is 29.3 Å². The maximum atomic E-state index is 13.5. The van der Waals surface area contributed by atoms with E-state index < -0.39 is 15.7 Å². The van der Waals surface area contributed by atoms with Gasteiger partial charge in [0.15, 0.2) is 15.0 Å². The fourth-order valence-corrected chi connectivity index (χ4v) is 5.37. The fraction of sp³-hybridized carbons (Fsp3) is 0.333. The zero-order valence-corrected chi connectivity index (χ0v) is 18.3. The zero-order chi connectivity index (χ0) is 21.3. The molecule has 2 aromatic carbocycles. The number of hydrogen-bond acceptors (Lipinski definition) is 7. The van der Waals surface area contributed by atoms with Gasteiger partial charge >= 0.3 is 0 Å². The smallest absolute Gasteiger partial charge is 0.261 e. The quantitative estimate of drug-likeness (QED) is 0.576. The van der Waals surface area contributed by atoms with Gasteiger partial charge in [-0.2, -0.15) is 0 Å². The number of anilines is 1. The van der Waals surface area contributed by atoms with Gasteiger partial charge in [-0.3, -0.25) is 9.69 Å². The number of ether oxygens (including phenoxy) is 2. The van der Waals surface area contributed by atoms with Crippen LogP contribution in [0.2, 0.25) is 0 Å². The van der Waals surface area contributed by atoms with Crippen LogP contribution in [0.1, 0.15) is 23.2 Å². The second-order valence-corrected chi connectivity index (χ2v) is 10.1. The molecule has 1 saturated heterocycles. The number of methoxy groups -OCH3 is 1. The van der Waals surface area contributed by atoms with Crippen molar-refractivity contribution >= 4 is 42.4 Å². The third-order valence-electron chi connectivity index (χ3n) is 4.99. The highest BCUT2D eigenvalue weighted by molar-refractivity contribution is 7.90. The average molecular weight is 447 g/mol. The summed E-state index contributed by atoms with van der Waals surface area (Å²) in [6.45, 7) is 0.970. The third kappa shape index (κ3) is 4.19. The van der Waals surface area contributed by atoms with Crippen molar-refractivity contribution in [3.8, 4) is 5.75 Å². The zero-order valence-electron chi connectivity index (χ0n) is 16.7. The van der Waals surface area contributed by atoms with Crippen molar-refractivity contribution in [2.24, 2.45) is 0 Å². The highest BCUT2D eigenvalue weighted by Gasteiger charge is 2.29. The van der Waals surface area contributed by atoms with Crippen LogP contribution in [0.15, 0.2) is 47.4 Å². The first-order valence-electron chi connectivity index (χ1n) is 9.54. The summed E-state index contributed by atoms with van der Waals surface area (Å²) < 4.78 is 36.4. The Balaban J connectivity index is 1.78. The normalized spacial score (nSPS) is 16.7. The molecule has 0 N–H and O–H groups in total. The first-order valence-corrected chi connectivity index (χ1v) is 12.2. The van der Waals surface area contributed by atoms with Crippen molar-refractivity contribution in [2.75, 3.05) is 31.4 Å². The second-order valence-electron chi connectivity index (χ2n) is 7.15. The molecular weight excluding hydrogens is 424 g/mol. The lowest BCUT2D eigenvalue weighted by molar-refractivity contribution is 0.0915. The Morgan fingerprint density at radius 3 is 2.80 bits per heavy atom. The molecule has 2 heterocycles. The SMILES string of the molecule is COc1ccc2nc(N(CC3CCCO3)C(=O)c3ccccc3S(C)(=O)=O)sc2c1. The van der Waals surface area contributed by atoms with Gasteiger partial charge in [-0.15, -0.1) is 0 Å². The Kier molecular flexibility index (Phi) is 5.77. The molecule has 1 aromatic heterocycles. The molecule has 1 unspecified atom stereocenters. The number of thiazole rings is 1. The van der Waals surface area contributed by atoms with Crippen LogP contribution in [-0.2, 0) is 14.6 Å². The molecular formula is C21H22N2O5S2. The number of amides is 1. The lowest BCUT2D eigenvalue weighted by Gasteiger charge is -2.24. The van der Waals surface area contributed by atoms with Crippen molar-refractivity contribution in [1.29, 1.82) is 0 Å². The number of fused-ring (bicyclic) bond motifs is 1. The Hall–Kier alpha value is -2.49. The van der Waals surface area contributed by atoms with Crippen LogP contribution >= 0.6 is 11.3 Å². The predicted octanol–water partition coefficient (Wildman–Crippen LogP) is 3.53. The highest BCUT2D eigenvalue weighted by Crippen LogP contribution is 2.33. The number of rotatable bonds is 6. The van der Waals surface area contributed by atoms with E-state index in [1.165, 1.54) is 28.4 Å². The molecule has 1 aliphatic heterocycles. The Bertz CT molecular complexity index is 1180. The van der Waals surface area contributed by atoms with E-state index in [2.05, 4.69) is 4.98 Å². The van der Waals surface area contributed by atoms with Crippen molar-refractivity contribution in [3.63, 3.8) is 0 Å². The number of hydrogen-bond donors (Lipinski definition) is 0. The van der Waals surface area contributed by atoms with Gasteiger partial charge in [0.05, 0.1) is 40.4 Å². The molecule has 0 aliphatic carbocycles. The minimum Gasteiger partial charge on any atom is -0.497 e. The van der Waals surface area contributed by atoms with Gasteiger partial charge in [0.25, 0.3) is 5.91 Å². The van der Waals surface area contributed by atoms with Crippen molar-refractivity contribution in [1.82, 2.24) is 4.98 Å². The molecule has 0 bridgehead atoms. The maximum Gasteiger partial charge on any atom is 0.261 e. The van der Waals surface area contributed by atoms with Crippen LogP contribution in [0.25, 0.3) is 10.2 Å². The predicted molar refractivity (Wildman–Crippen MR) is 116 cm³/mol. The minimum absolute atomic E-state index is 0.00937. The van der Waals surface area contributed by atoms with E-state index in [1.807, 2.05) is 18.2 Å².